The van der Waals surface area contributed by atoms with Crippen LogP contribution in [0.1, 0.15) is 51.3 Å². The van der Waals surface area contributed by atoms with E-state index >= 15 is 0 Å². The molecule has 22 heavy (non-hydrogen) atoms. The Morgan fingerprint density at radius 2 is 2.09 bits per heavy atom. The summed E-state index contributed by atoms with van der Waals surface area (Å²) in [6.45, 7) is 6.41. The monoisotopic (exact) mass is 305 g/mol. The molecule has 0 radical (unpaired) electrons. The summed E-state index contributed by atoms with van der Waals surface area (Å²) in [7, 11) is 1.86. The summed E-state index contributed by atoms with van der Waals surface area (Å²) in [6.07, 6.45) is 11.4. The Labute approximate surface area is 134 Å². The SMILES string of the molecule is CN=C(NCCCCn1ccnc1C)NC1CCC(C)CC1. The van der Waals surface area contributed by atoms with Gasteiger partial charge < -0.3 is 15.2 Å². The van der Waals surface area contributed by atoms with Crippen molar-refractivity contribution in [2.75, 3.05) is 13.6 Å². The van der Waals surface area contributed by atoms with E-state index in [1.165, 1.54) is 25.7 Å². The number of unbranched alkanes of at least 4 members (excludes halogenated alkanes) is 1. The van der Waals surface area contributed by atoms with Gasteiger partial charge in [-0.3, -0.25) is 4.99 Å². The molecular formula is C17H31N5. The third-order valence-electron chi connectivity index (χ3n) is 4.62. The molecule has 1 aromatic rings. The fourth-order valence-electron chi connectivity index (χ4n) is 3.05. The first-order valence-electron chi connectivity index (χ1n) is 8.64. The van der Waals surface area contributed by atoms with Gasteiger partial charge in [0.15, 0.2) is 5.96 Å². The van der Waals surface area contributed by atoms with E-state index in [-0.39, 0.29) is 0 Å². The van der Waals surface area contributed by atoms with E-state index in [1.54, 1.807) is 0 Å². The predicted molar refractivity (Wildman–Crippen MR) is 92.1 cm³/mol. The lowest BCUT2D eigenvalue weighted by atomic mass is 9.87. The van der Waals surface area contributed by atoms with E-state index in [0.717, 1.165) is 43.6 Å². The molecule has 0 atom stereocenters. The van der Waals surface area contributed by atoms with E-state index in [2.05, 4.69) is 39.0 Å². The third kappa shape index (κ3) is 5.35. The molecule has 5 nitrogen and oxygen atoms in total. The fourth-order valence-corrected chi connectivity index (χ4v) is 3.05. The maximum absolute atomic E-state index is 4.34. The van der Waals surface area contributed by atoms with Gasteiger partial charge in [-0.25, -0.2) is 4.98 Å². The molecule has 1 aliphatic carbocycles. The second-order valence-electron chi connectivity index (χ2n) is 6.48. The van der Waals surface area contributed by atoms with Gasteiger partial charge in [0.05, 0.1) is 0 Å². The quantitative estimate of drug-likeness (QED) is 0.483. The number of rotatable bonds is 6. The lowest BCUT2D eigenvalue weighted by Crippen LogP contribution is -2.45. The van der Waals surface area contributed by atoms with Crippen molar-refractivity contribution in [1.29, 1.82) is 0 Å². The Hall–Kier alpha value is -1.52. The number of hydrogen-bond donors (Lipinski definition) is 2. The summed E-state index contributed by atoms with van der Waals surface area (Å²) < 4.78 is 2.20. The first kappa shape index (κ1) is 16.8. The van der Waals surface area contributed by atoms with Crippen LogP contribution in [0.3, 0.4) is 0 Å². The highest BCUT2D eigenvalue weighted by Crippen LogP contribution is 2.23. The zero-order chi connectivity index (χ0) is 15.8. The molecule has 0 saturated heterocycles. The number of aliphatic imine (C=N–C) groups is 1. The normalized spacial score (nSPS) is 22.6. The second-order valence-corrected chi connectivity index (χ2v) is 6.48. The number of aryl methyl sites for hydroxylation is 2. The second kappa shape index (κ2) is 8.81. The van der Waals surface area contributed by atoms with Crippen LogP contribution in [0.2, 0.25) is 0 Å². The van der Waals surface area contributed by atoms with Crippen LogP contribution >= 0.6 is 0 Å². The molecule has 0 amide bonds. The number of aromatic nitrogens is 2. The molecule has 1 aliphatic rings. The molecule has 124 valence electrons. The molecule has 2 rings (SSSR count). The van der Waals surface area contributed by atoms with Gasteiger partial charge in [0.1, 0.15) is 5.82 Å². The largest absolute Gasteiger partial charge is 0.356 e. The van der Waals surface area contributed by atoms with Crippen LogP contribution in [0, 0.1) is 12.8 Å². The number of nitrogens with zero attached hydrogens (tertiary/aromatic N) is 3. The summed E-state index contributed by atoms with van der Waals surface area (Å²) >= 11 is 0. The van der Waals surface area contributed by atoms with E-state index < -0.39 is 0 Å². The minimum absolute atomic E-state index is 0.594. The van der Waals surface area contributed by atoms with Crippen molar-refractivity contribution in [3.63, 3.8) is 0 Å². The molecule has 1 saturated carbocycles. The smallest absolute Gasteiger partial charge is 0.191 e. The molecule has 0 aromatic carbocycles. The van der Waals surface area contributed by atoms with Crippen molar-refractivity contribution in [3.05, 3.63) is 18.2 Å². The third-order valence-corrected chi connectivity index (χ3v) is 4.62. The topological polar surface area (TPSA) is 54.2 Å². The zero-order valence-electron chi connectivity index (χ0n) is 14.3. The molecule has 1 fully saturated rings. The van der Waals surface area contributed by atoms with Gasteiger partial charge >= 0.3 is 0 Å². The lowest BCUT2D eigenvalue weighted by molar-refractivity contribution is 0.329. The van der Waals surface area contributed by atoms with Crippen LogP contribution in [-0.2, 0) is 6.54 Å². The lowest BCUT2D eigenvalue weighted by Gasteiger charge is -2.28. The van der Waals surface area contributed by atoms with Crippen molar-refractivity contribution < 1.29 is 0 Å². The van der Waals surface area contributed by atoms with Gasteiger partial charge in [0, 0.05) is 38.6 Å². The van der Waals surface area contributed by atoms with Gasteiger partial charge in [-0.2, -0.15) is 0 Å². The predicted octanol–water partition coefficient (Wildman–Crippen LogP) is 2.72. The van der Waals surface area contributed by atoms with Gasteiger partial charge in [-0.05, 0) is 51.4 Å². The Balaban J connectivity index is 1.59. The molecular weight excluding hydrogens is 274 g/mol. The first-order chi connectivity index (χ1) is 10.7. The van der Waals surface area contributed by atoms with E-state index in [9.17, 15) is 0 Å². The van der Waals surface area contributed by atoms with Crippen LogP contribution in [0.4, 0.5) is 0 Å². The average molecular weight is 305 g/mol. The van der Waals surface area contributed by atoms with E-state index in [4.69, 9.17) is 0 Å². The summed E-state index contributed by atoms with van der Waals surface area (Å²) in [5.41, 5.74) is 0. The highest BCUT2D eigenvalue weighted by molar-refractivity contribution is 5.79. The molecule has 0 aliphatic heterocycles. The highest BCUT2D eigenvalue weighted by atomic mass is 15.2. The Morgan fingerprint density at radius 3 is 2.73 bits per heavy atom. The van der Waals surface area contributed by atoms with Crippen LogP contribution in [0.5, 0.6) is 0 Å². The highest BCUT2D eigenvalue weighted by Gasteiger charge is 2.18. The van der Waals surface area contributed by atoms with Gasteiger partial charge in [-0.1, -0.05) is 6.92 Å². The zero-order valence-corrected chi connectivity index (χ0v) is 14.3. The molecule has 0 bridgehead atoms. The van der Waals surface area contributed by atoms with Crippen LogP contribution in [0.25, 0.3) is 0 Å². The standard InChI is InChI=1S/C17H31N5/c1-14-6-8-16(9-7-14)21-17(18-3)20-10-4-5-12-22-13-11-19-15(22)2/h11,13-14,16H,4-10,12H2,1-3H3,(H2,18,20,21). The number of guanidine groups is 1. The van der Waals surface area contributed by atoms with Gasteiger partial charge in [-0.15, -0.1) is 0 Å². The first-order valence-corrected chi connectivity index (χ1v) is 8.64. The number of hydrogen-bond acceptors (Lipinski definition) is 2. The molecule has 5 heteroatoms. The van der Waals surface area contributed by atoms with E-state index in [0.29, 0.717) is 6.04 Å². The summed E-state index contributed by atoms with van der Waals surface area (Å²) in [6, 6.07) is 0.594. The Bertz CT molecular complexity index is 457. The maximum Gasteiger partial charge on any atom is 0.191 e. The average Bonchev–Trinajstić information content (AvgIpc) is 2.93. The van der Waals surface area contributed by atoms with Gasteiger partial charge in [0.25, 0.3) is 0 Å². The van der Waals surface area contributed by atoms with Crippen molar-refractivity contribution in [3.8, 4) is 0 Å². The van der Waals surface area contributed by atoms with Crippen LogP contribution < -0.4 is 10.6 Å². The van der Waals surface area contributed by atoms with Crippen molar-refractivity contribution >= 4 is 5.96 Å². The van der Waals surface area contributed by atoms with Crippen molar-refractivity contribution in [2.45, 2.75) is 65.0 Å². The van der Waals surface area contributed by atoms with Crippen molar-refractivity contribution in [2.24, 2.45) is 10.9 Å². The Kier molecular flexibility index (Phi) is 6.74. The van der Waals surface area contributed by atoms with Crippen molar-refractivity contribution in [1.82, 2.24) is 20.2 Å². The number of nitrogens with one attached hydrogen (secondary N) is 2. The molecule has 2 N–H and O–H groups in total. The summed E-state index contributed by atoms with van der Waals surface area (Å²) in [5.74, 6) is 2.94. The molecule has 0 unspecified atom stereocenters. The fraction of sp³-hybridized carbons (Fsp3) is 0.765. The maximum atomic E-state index is 4.34. The van der Waals surface area contributed by atoms with Crippen LogP contribution in [-0.4, -0.2) is 35.1 Å². The minimum Gasteiger partial charge on any atom is -0.356 e. The molecule has 1 aromatic heterocycles. The number of imidazole rings is 1. The Morgan fingerprint density at radius 1 is 1.32 bits per heavy atom. The summed E-state index contributed by atoms with van der Waals surface area (Å²) in [5, 5.41) is 7.00. The van der Waals surface area contributed by atoms with E-state index in [1.807, 2.05) is 19.4 Å². The minimum atomic E-state index is 0.594. The van der Waals surface area contributed by atoms with Crippen LogP contribution in [0.15, 0.2) is 17.4 Å². The van der Waals surface area contributed by atoms with Gasteiger partial charge in [0.2, 0.25) is 0 Å². The molecule has 0 spiro atoms. The summed E-state index contributed by atoms with van der Waals surface area (Å²) in [4.78, 5) is 8.59. The molecule has 1 heterocycles.